The van der Waals surface area contributed by atoms with E-state index >= 15 is 0 Å². The summed E-state index contributed by atoms with van der Waals surface area (Å²) in [5.74, 6) is 2.28. The van der Waals surface area contributed by atoms with Crippen molar-refractivity contribution in [3.05, 3.63) is 42.2 Å². The van der Waals surface area contributed by atoms with Crippen molar-refractivity contribution < 1.29 is 4.74 Å². The standard InChI is InChI=1S/C16H20N4O/c1-13-5-2-3-6-15(13)21-14-11-18-16(19-12-14)20-9-4-7-17-8-10-20/h2-3,5-6,11-12,17H,4,7-10H2,1H3. The van der Waals surface area contributed by atoms with E-state index in [9.17, 15) is 0 Å². The van der Waals surface area contributed by atoms with Crippen LogP contribution in [0.2, 0.25) is 0 Å². The third-order valence-electron chi connectivity index (χ3n) is 3.56. The Morgan fingerprint density at radius 1 is 1.10 bits per heavy atom. The first-order chi connectivity index (χ1) is 10.3. The maximum Gasteiger partial charge on any atom is 0.225 e. The molecular weight excluding hydrogens is 264 g/mol. The Kier molecular flexibility index (Phi) is 4.31. The zero-order valence-corrected chi connectivity index (χ0v) is 12.2. The minimum atomic E-state index is 0.668. The summed E-state index contributed by atoms with van der Waals surface area (Å²) < 4.78 is 5.82. The van der Waals surface area contributed by atoms with Gasteiger partial charge < -0.3 is 15.0 Å². The third kappa shape index (κ3) is 3.49. The predicted octanol–water partition coefficient (Wildman–Crippen LogP) is 2.38. The predicted molar refractivity (Wildman–Crippen MR) is 83.0 cm³/mol. The fraction of sp³-hybridized carbons (Fsp3) is 0.375. The van der Waals surface area contributed by atoms with E-state index < -0.39 is 0 Å². The highest BCUT2D eigenvalue weighted by Gasteiger charge is 2.12. The van der Waals surface area contributed by atoms with Crippen molar-refractivity contribution in [3.63, 3.8) is 0 Å². The lowest BCUT2D eigenvalue weighted by Crippen LogP contribution is -2.29. The fourth-order valence-corrected chi connectivity index (χ4v) is 2.37. The first-order valence-corrected chi connectivity index (χ1v) is 7.34. The van der Waals surface area contributed by atoms with Crippen molar-refractivity contribution in [1.29, 1.82) is 0 Å². The van der Waals surface area contributed by atoms with Crippen molar-refractivity contribution >= 4 is 5.95 Å². The minimum absolute atomic E-state index is 0.668. The summed E-state index contributed by atoms with van der Waals surface area (Å²) in [6, 6.07) is 7.93. The number of ether oxygens (including phenoxy) is 1. The van der Waals surface area contributed by atoms with Gasteiger partial charge in [-0.2, -0.15) is 0 Å². The average Bonchev–Trinajstić information content (AvgIpc) is 2.80. The molecule has 5 heteroatoms. The van der Waals surface area contributed by atoms with E-state index in [0.717, 1.165) is 49.9 Å². The molecular formula is C16H20N4O. The highest BCUT2D eigenvalue weighted by atomic mass is 16.5. The van der Waals surface area contributed by atoms with Gasteiger partial charge in [-0.1, -0.05) is 18.2 Å². The van der Waals surface area contributed by atoms with Gasteiger partial charge in [0.2, 0.25) is 5.95 Å². The van der Waals surface area contributed by atoms with Crippen LogP contribution in [0.5, 0.6) is 11.5 Å². The molecule has 1 aliphatic rings. The van der Waals surface area contributed by atoms with Gasteiger partial charge in [-0.05, 0) is 31.5 Å². The maximum atomic E-state index is 5.82. The van der Waals surface area contributed by atoms with Gasteiger partial charge in [-0.15, -0.1) is 0 Å². The van der Waals surface area contributed by atoms with E-state index in [1.165, 1.54) is 0 Å². The van der Waals surface area contributed by atoms with Crippen LogP contribution >= 0.6 is 0 Å². The molecule has 1 aromatic carbocycles. The SMILES string of the molecule is Cc1ccccc1Oc1cnc(N2CCCNCC2)nc1. The van der Waals surface area contributed by atoms with Crippen molar-refractivity contribution in [2.24, 2.45) is 0 Å². The molecule has 0 radical (unpaired) electrons. The van der Waals surface area contributed by atoms with Crippen LogP contribution in [-0.4, -0.2) is 36.1 Å². The molecule has 1 N–H and O–H groups in total. The molecule has 2 aromatic rings. The Hall–Kier alpha value is -2.14. The Balaban J connectivity index is 1.70. The number of aryl methyl sites for hydroxylation is 1. The number of hydrogen-bond donors (Lipinski definition) is 1. The monoisotopic (exact) mass is 284 g/mol. The number of hydrogen-bond acceptors (Lipinski definition) is 5. The van der Waals surface area contributed by atoms with E-state index in [4.69, 9.17) is 4.74 Å². The molecule has 3 rings (SSSR count). The van der Waals surface area contributed by atoms with Gasteiger partial charge in [0.15, 0.2) is 5.75 Å². The van der Waals surface area contributed by atoms with Crippen LogP contribution in [0.15, 0.2) is 36.7 Å². The van der Waals surface area contributed by atoms with E-state index in [0.29, 0.717) is 5.75 Å². The van der Waals surface area contributed by atoms with Crippen LogP contribution in [0, 0.1) is 6.92 Å². The van der Waals surface area contributed by atoms with Crippen LogP contribution < -0.4 is 15.0 Å². The molecule has 1 aliphatic heterocycles. The lowest BCUT2D eigenvalue weighted by molar-refractivity contribution is 0.473. The van der Waals surface area contributed by atoms with Crippen LogP contribution in [0.4, 0.5) is 5.95 Å². The molecule has 21 heavy (non-hydrogen) atoms. The molecule has 0 atom stereocenters. The number of rotatable bonds is 3. The summed E-state index contributed by atoms with van der Waals surface area (Å²) >= 11 is 0. The van der Waals surface area contributed by atoms with E-state index in [-0.39, 0.29) is 0 Å². The van der Waals surface area contributed by atoms with E-state index in [1.807, 2.05) is 31.2 Å². The van der Waals surface area contributed by atoms with Gasteiger partial charge >= 0.3 is 0 Å². The number of aromatic nitrogens is 2. The lowest BCUT2D eigenvalue weighted by Gasteiger charge is -2.19. The summed E-state index contributed by atoms with van der Waals surface area (Å²) in [6.07, 6.45) is 4.60. The molecule has 5 nitrogen and oxygen atoms in total. The normalized spacial score (nSPS) is 15.6. The molecule has 0 aliphatic carbocycles. The summed E-state index contributed by atoms with van der Waals surface area (Å²) in [5.41, 5.74) is 1.10. The zero-order chi connectivity index (χ0) is 14.5. The highest BCUT2D eigenvalue weighted by Crippen LogP contribution is 2.24. The highest BCUT2D eigenvalue weighted by molar-refractivity contribution is 5.37. The van der Waals surface area contributed by atoms with Gasteiger partial charge in [-0.3, -0.25) is 0 Å². The van der Waals surface area contributed by atoms with Crippen LogP contribution in [-0.2, 0) is 0 Å². The lowest BCUT2D eigenvalue weighted by atomic mass is 10.2. The van der Waals surface area contributed by atoms with Crippen molar-refractivity contribution in [1.82, 2.24) is 15.3 Å². The molecule has 0 saturated carbocycles. The maximum absolute atomic E-state index is 5.82. The summed E-state index contributed by atoms with van der Waals surface area (Å²) in [4.78, 5) is 11.1. The van der Waals surface area contributed by atoms with Gasteiger partial charge in [0.1, 0.15) is 5.75 Å². The second-order valence-corrected chi connectivity index (χ2v) is 5.18. The molecule has 110 valence electrons. The van der Waals surface area contributed by atoms with Crippen molar-refractivity contribution in [3.8, 4) is 11.5 Å². The van der Waals surface area contributed by atoms with E-state index in [1.54, 1.807) is 12.4 Å². The summed E-state index contributed by atoms with van der Waals surface area (Å²) in [5, 5.41) is 3.38. The van der Waals surface area contributed by atoms with Crippen LogP contribution in [0.25, 0.3) is 0 Å². The largest absolute Gasteiger partial charge is 0.454 e. The zero-order valence-electron chi connectivity index (χ0n) is 12.2. The number of nitrogens with zero attached hydrogens (tertiary/aromatic N) is 3. The van der Waals surface area contributed by atoms with E-state index in [2.05, 4.69) is 20.2 Å². The summed E-state index contributed by atoms with van der Waals surface area (Å²) in [7, 11) is 0. The molecule has 0 spiro atoms. The Bertz CT molecular complexity index is 577. The van der Waals surface area contributed by atoms with Gasteiger partial charge in [-0.25, -0.2) is 9.97 Å². The first-order valence-electron chi connectivity index (χ1n) is 7.34. The number of nitrogens with one attached hydrogen (secondary N) is 1. The smallest absolute Gasteiger partial charge is 0.225 e. The second kappa shape index (κ2) is 6.54. The third-order valence-corrected chi connectivity index (χ3v) is 3.56. The molecule has 1 fully saturated rings. The Morgan fingerprint density at radius 2 is 1.90 bits per heavy atom. The van der Waals surface area contributed by atoms with Gasteiger partial charge in [0.05, 0.1) is 12.4 Å². The molecule has 0 amide bonds. The summed E-state index contributed by atoms with van der Waals surface area (Å²) in [6.45, 7) is 5.99. The molecule has 2 heterocycles. The minimum Gasteiger partial charge on any atom is -0.454 e. The second-order valence-electron chi connectivity index (χ2n) is 5.18. The first kappa shape index (κ1) is 13.8. The topological polar surface area (TPSA) is 50.3 Å². The number of para-hydroxylation sites is 1. The Morgan fingerprint density at radius 3 is 2.71 bits per heavy atom. The number of anilines is 1. The van der Waals surface area contributed by atoms with Gasteiger partial charge in [0, 0.05) is 19.6 Å². The number of benzene rings is 1. The van der Waals surface area contributed by atoms with Crippen LogP contribution in [0.1, 0.15) is 12.0 Å². The molecule has 1 saturated heterocycles. The average molecular weight is 284 g/mol. The fourth-order valence-electron chi connectivity index (χ4n) is 2.37. The molecule has 0 unspecified atom stereocenters. The molecule has 0 bridgehead atoms. The molecule has 1 aromatic heterocycles. The van der Waals surface area contributed by atoms with Gasteiger partial charge in [0.25, 0.3) is 0 Å². The Labute approximate surface area is 125 Å². The van der Waals surface area contributed by atoms with Crippen LogP contribution in [0.3, 0.4) is 0 Å². The van der Waals surface area contributed by atoms with Crippen molar-refractivity contribution in [2.45, 2.75) is 13.3 Å². The van der Waals surface area contributed by atoms with Crippen molar-refractivity contribution in [2.75, 3.05) is 31.1 Å². The quantitative estimate of drug-likeness (QED) is 0.938.